The molecule has 166 valence electrons. The maximum atomic E-state index is 13.1. The van der Waals surface area contributed by atoms with Crippen molar-refractivity contribution in [1.29, 1.82) is 0 Å². The van der Waals surface area contributed by atoms with Crippen molar-refractivity contribution in [3.8, 4) is 0 Å². The molecule has 3 heterocycles. The van der Waals surface area contributed by atoms with E-state index in [9.17, 15) is 4.79 Å². The van der Waals surface area contributed by atoms with E-state index >= 15 is 0 Å². The van der Waals surface area contributed by atoms with Crippen molar-refractivity contribution in [3.63, 3.8) is 0 Å². The number of piperidine rings is 2. The molecular weight excluding hydrogens is 374 g/mol. The number of furan rings is 1. The van der Waals surface area contributed by atoms with Crippen molar-refractivity contribution in [2.45, 2.75) is 63.8 Å². The van der Waals surface area contributed by atoms with Gasteiger partial charge in [0.05, 0.1) is 6.26 Å². The molecule has 1 aromatic heterocycles. The molecule has 30 heavy (non-hydrogen) atoms. The first-order chi connectivity index (χ1) is 14.8. The molecule has 1 aliphatic carbocycles. The molecule has 3 fully saturated rings. The van der Waals surface area contributed by atoms with Crippen molar-refractivity contribution in [2.24, 2.45) is 5.92 Å². The van der Waals surface area contributed by atoms with Crippen LogP contribution in [0.5, 0.6) is 0 Å². The fourth-order valence-electron chi connectivity index (χ4n) is 5.54. The van der Waals surface area contributed by atoms with Gasteiger partial charge in [-0.1, -0.05) is 19.3 Å². The van der Waals surface area contributed by atoms with Crippen LogP contribution in [0.25, 0.3) is 6.08 Å². The minimum absolute atomic E-state index is 0.126. The number of carbonyl (C=O) groups is 1. The van der Waals surface area contributed by atoms with Crippen molar-refractivity contribution < 1.29 is 9.21 Å². The van der Waals surface area contributed by atoms with Crippen LogP contribution in [0.15, 0.2) is 28.9 Å². The first-order valence-electron chi connectivity index (χ1n) is 12.2. The minimum Gasteiger partial charge on any atom is -0.465 e. The normalized spacial score (nSPS) is 24.6. The summed E-state index contributed by atoms with van der Waals surface area (Å²) < 4.78 is 5.37. The fraction of sp³-hybridized carbons (Fsp3) is 0.720. The van der Waals surface area contributed by atoms with Crippen LogP contribution in [0.2, 0.25) is 0 Å². The largest absolute Gasteiger partial charge is 0.465 e. The summed E-state index contributed by atoms with van der Waals surface area (Å²) in [6, 6.07) is 4.55. The Balaban J connectivity index is 1.35. The molecule has 1 unspecified atom stereocenters. The van der Waals surface area contributed by atoms with E-state index in [0.717, 1.165) is 31.4 Å². The molecule has 0 aromatic carbocycles. The second-order valence-corrected chi connectivity index (χ2v) is 9.48. The molecule has 1 saturated carbocycles. The van der Waals surface area contributed by atoms with Crippen LogP contribution < -0.4 is 0 Å². The lowest BCUT2D eigenvalue weighted by Gasteiger charge is -2.39. The summed E-state index contributed by atoms with van der Waals surface area (Å²) in [4.78, 5) is 20.5. The number of carbonyl (C=O) groups excluding carboxylic acids is 1. The van der Waals surface area contributed by atoms with Gasteiger partial charge in [0.1, 0.15) is 5.76 Å². The lowest BCUT2D eigenvalue weighted by Crippen LogP contribution is -2.47. The molecule has 1 amide bonds. The van der Waals surface area contributed by atoms with E-state index in [0.29, 0.717) is 5.92 Å². The molecule has 1 atom stereocenters. The Morgan fingerprint density at radius 1 is 1.07 bits per heavy atom. The monoisotopic (exact) mass is 413 g/mol. The van der Waals surface area contributed by atoms with Gasteiger partial charge in [-0.3, -0.25) is 4.79 Å². The summed E-state index contributed by atoms with van der Waals surface area (Å²) in [6.45, 7) is 7.51. The summed E-state index contributed by atoms with van der Waals surface area (Å²) in [5.74, 6) is 1.47. The van der Waals surface area contributed by atoms with E-state index in [2.05, 4.69) is 14.7 Å². The van der Waals surface area contributed by atoms with Crippen molar-refractivity contribution >= 4 is 12.0 Å². The number of rotatable bonds is 8. The zero-order valence-corrected chi connectivity index (χ0v) is 18.5. The van der Waals surface area contributed by atoms with E-state index in [1.54, 1.807) is 12.3 Å². The highest BCUT2D eigenvalue weighted by atomic mass is 16.3. The first kappa shape index (κ1) is 21.6. The molecular formula is C25H39N3O2. The molecule has 3 aliphatic rings. The van der Waals surface area contributed by atoms with Crippen molar-refractivity contribution in [1.82, 2.24) is 14.7 Å². The number of amides is 1. The Morgan fingerprint density at radius 2 is 1.90 bits per heavy atom. The summed E-state index contributed by atoms with van der Waals surface area (Å²) >= 11 is 0. The van der Waals surface area contributed by atoms with Gasteiger partial charge in [0.15, 0.2) is 0 Å². The Kier molecular flexibility index (Phi) is 8.04. The predicted octanol–water partition coefficient (Wildman–Crippen LogP) is 4.26. The van der Waals surface area contributed by atoms with E-state index in [1.807, 2.05) is 18.2 Å². The van der Waals surface area contributed by atoms with Gasteiger partial charge < -0.3 is 19.1 Å². The molecule has 0 radical (unpaired) electrons. The van der Waals surface area contributed by atoms with Crippen LogP contribution in [0.4, 0.5) is 0 Å². The molecule has 2 aliphatic heterocycles. The van der Waals surface area contributed by atoms with Crippen LogP contribution in [-0.4, -0.2) is 72.5 Å². The van der Waals surface area contributed by atoms with Gasteiger partial charge in [0, 0.05) is 38.3 Å². The van der Waals surface area contributed by atoms with Crippen LogP contribution in [0.1, 0.15) is 63.5 Å². The average Bonchev–Trinajstić information content (AvgIpc) is 3.50. The number of hydrogen-bond acceptors (Lipinski definition) is 4. The second-order valence-electron chi connectivity index (χ2n) is 9.48. The van der Waals surface area contributed by atoms with Crippen LogP contribution in [0.3, 0.4) is 0 Å². The molecule has 5 nitrogen and oxygen atoms in total. The lowest BCUT2D eigenvalue weighted by molar-refractivity contribution is -0.127. The smallest absolute Gasteiger partial charge is 0.246 e. The summed E-state index contributed by atoms with van der Waals surface area (Å²) in [7, 11) is 0. The molecule has 5 heteroatoms. The second kappa shape index (κ2) is 11.1. The maximum Gasteiger partial charge on any atom is 0.246 e. The topological polar surface area (TPSA) is 39.9 Å². The van der Waals surface area contributed by atoms with Gasteiger partial charge in [-0.25, -0.2) is 0 Å². The predicted molar refractivity (Wildman–Crippen MR) is 121 cm³/mol. The van der Waals surface area contributed by atoms with Crippen LogP contribution >= 0.6 is 0 Å². The Bertz CT molecular complexity index is 660. The molecule has 4 rings (SSSR count). The van der Waals surface area contributed by atoms with Gasteiger partial charge in [-0.15, -0.1) is 0 Å². The van der Waals surface area contributed by atoms with Crippen molar-refractivity contribution in [2.75, 3.05) is 45.8 Å². The molecule has 1 aromatic rings. The standard InChI is InChI=1S/C25H39N3O2/c29-25(13-12-24-11-7-19-30-24)28(18-17-26-14-4-1-5-15-26)21-22-8-6-16-27(20-22)23-9-2-3-10-23/h7,11-13,19,22-23H,1-6,8-10,14-18,20-21H2. The molecule has 0 bridgehead atoms. The number of hydrogen-bond donors (Lipinski definition) is 0. The van der Waals surface area contributed by atoms with Gasteiger partial charge in [0.25, 0.3) is 0 Å². The average molecular weight is 414 g/mol. The van der Waals surface area contributed by atoms with Crippen LogP contribution in [0, 0.1) is 5.92 Å². The molecule has 0 N–H and O–H groups in total. The highest BCUT2D eigenvalue weighted by molar-refractivity contribution is 5.91. The third kappa shape index (κ3) is 6.21. The summed E-state index contributed by atoms with van der Waals surface area (Å²) in [6.07, 6.45) is 17.2. The maximum absolute atomic E-state index is 13.1. The lowest BCUT2D eigenvalue weighted by atomic mass is 9.95. The molecule has 0 spiro atoms. The van der Waals surface area contributed by atoms with E-state index in [4.69, 9.17) is 4.42 Å². The minimum atomic E-state index is 0.126. The number of likely N-dealkylation sites (tertiary alicyclic amines) is 2. The highest BCUT2D eigenvalue weighted by Crippen LogP contribution is 2.28. The number of nitrogens with zero attached hydrogens (tertiary/aromatic N) is 3. The first-order valence-corrected chi connectivity index (χ1v) is 12.2. The summed E-state index contributed by atoms with van der Waals surface area (Å²) in [5.41, 5.74) is 0. The zero-order chi connectivity index (χ0) is 20.6. The fourth-order valence-corrected chi connectivity index (χ4v) is 5.54. The summed E-state index contributed by atoms with van der Waals surface area (Å²) in [5, 5.41) is 0. The van der Waals surface area contributed by atoms with E-state index < -0.39 is 0 Å². The van der Waals surface area contributed by atoms with Gasteiger partial charge in [-0.05, 0) is 82.3 Å². The quantitative estimate of drug-likeness (QED) is 0.597. The van der Waals surface area contributed by atoms with Gasteiger partial charge >= 0.3 is 0 Å². The Hall–Kier alpha value is -1.59. The Labute approximate surface area is 182 Å². The van der Waals surface area contributed by atoms with Crippen molar-refractivity contribution in [3.05, 3.63) is 30.2 Å². The third-order valence-electron chi connectivity index (χ3n) is 7.25. The van der Waals surface area contributed by atoms with Gasteiger partial charge in [-0.2, -0.15) is 0 Å². The Morgan fingerprint density at radius 3 is 2.67 bits per heavy atom. The third-order valence-corrected chi connectivity index (χ3v) is 7.25. The van der Waals surface area contributed by atoms with Gasteiger partial charge in [0.2, 0.25) is 5.91 Å². The highest BCUT2D eigenvalue weighted by Gasteiger charge is 2.29. The zero-order valence-electron chi connectivity index (χ0n) is 18.5. The van der Waals surface area contributed by atoms with E-state index in [-0.39, 0.29) is 5.91 Å². The molecule has 2 saturated heterocycles. The van der Waals surface area contributed by atoms with E-state index in [1.165, 1.54) is 84.0 Å². The van der Waals surface area contributed by atoms with Crippen LogP contribution in [-0.2, 0) is 4.79 Å². The SMILES string of the molecule is O=C(C=Cc1ccco1)N(CCN1CCCCC1)CC1CCCN(C2CCCC2)C1.